The van der Waals surface area contributed by atoms with Gasteiger partial charge in [-0.15, -0.1) is 0 Å². The predicted octanol–water partition coefficient (Wildman–Crippen LogP) is 0.844. The Bertz CT molecular complexity index is 621. The first-order valence-electron chi connectivity index (χ1n) is 6.81. The number of nitrogens with two attached hydrogens (primary N) is 1. The average molecular weight is 311 g/mol. The number of benzene rings is 1. The van der Waals surface area contributed by atoms with Crippen molar-refractivity contribution in [2.75, 3.05) is 30.0 Å². The lowest BCUT2D eigenvalue weighted by atomic mass is 10.1. The molecule has 1 aromatic rings. The molecule has 0 radical (unpaired) electrons. The minimum atomic E-state index is -3.01. The molecule has 0 amide bonds. The summed E-state index contributed by atoms with van der Waals surface area (Å²) >= 11 is 0. The quantitative estimate of drug-likeness (QED) is 0.637. The fourth-order valence-corrected chi connectivity index (χ4v) is 3.58. The maximum absolute atomic E-state index is 11.5. The van der Waals surface area contributed by atoms with E-state index in [2.05, 4.69) is 16.4 Å². The van der Waals surface area contributed by atoms with Crippen LogP contribution in [-0.4, -0.2) is 45.1 Å². The topological polar surface area (TPSA) is 93.8 Å². The smallest absolute Gasteiger partial charge is 0.193 e. The monoisotopic (exact) mass is 311 g/mol. The second-order valence-corrected chi connectivity index (χ2v) is 7.56. The Hall–Kier alpha value is -1.60. The van der Waals surface area contributed by atoms with Crippen molar-refractivity contribution < 1.29 is 13.2 Å². The largest absolute Gasteiger partial charge is 0.374 e. The van der Waals surface area contributed by atoms with E-state index < -0.39 is 15.9 Å². The van der Waals surface area contributed by atoms with Gasteiger partial charge in [0.1, 0.15) is 0 Å². The van der Waals surface area contributed by atoms with Crippen LogP contribution in [0.5, 0.6) is 0 Å². The average Bonchev–Trinajstić information content (AvgIpc) is 2.34. The molecule has 0 aliphatic carbocycles. The third-order valence-electron chi connectivity index (χ3n) is 3.15. The SMILES string of the molecule is Cc1cc(C)cc(NC(N)=NCC2CS(=O)(=O)CCO2)c1. The standard InChI is InChI=1S/C14H21N3O3S/c1-10-5-11(2)7-12(6-10)17-14(15)16-8-13-9-21(18,19)4-3-20-13/h5-7,13H,3-4,8-9H2,1-2H3,(H3,15,16,17). The molecule has 1 atom stereocenters. The maximum Gasteiger partial charge on any atom is 0.193 e. The minimum absolute atomic E-state index is 0.00728. The molecule has 21 heavy (non-hydrogen) atoms. The fraction of sp³-hybridized carbons (Fsp3) is 0.500. The zero-order chi connectivity index (χ0) is 15.5. The summed E-state index contributed by atoms with van der Waals surface area (Å²) in [5.74, 6) is 0.350. The summed E-state index contributed by atoms with van der Waals surface area (Å²) in [7, 11) is -3.01. The van der Waals surface area contributed by atoms with Crippen LogP contribution in [0, 0.1) is 13.8 Å². The number of hydrogen-bond acceptors (Lipinski definition) is 4. The van der Waals surface area contributed by atoms with Crippen LogP contribution < -0.4 is 11.1 Å². The number of aryl methyl sites for hydroxylation is 2. The van der Waals surface area contributed by atoms with Crippen molar-refractivity contribution >= 4 is 21.5 Å². The highest BCUT2D eigenvalue weighted by atomic mass is 32.2. The highest BCUT2D eigenvalue weighted by Gasteiger charge is 2.25. The molecule has 0 saturated carbocycles. The summed E-state index contributed by atoms with van der Waals surface area (Å²) in [6.45, 7) is 4.48. The molecular formula is C14H21N3O3S. The zero-order valence-electron chi connectivity index (χ0n) is 12.3. The molecule has 116 valence electrons. The molecule has 2 rings (SSSR count). The van der Waals surface area contributed by atoms with Crippen LogP contribution in [0.4, 0.5) is 5.69 Å². The van der Waals surface area contributed by atoms with E-state index in [0.29, 0.717) is 0 Å². The van der Waals surface area contributed by atoms with E-state index in [9.17, 15) is 8.42 Å². The molecule has 0 aromatic heterocycles. The number of aliphatic imine (C=N–C) groups is 1. The van der Waals surface area contributed by atoms with Gasteiger partial charge in [-0.3, -0.25) is 4.99 Å². The van der Waals surface area contributed by atoms with Crippen molar-refractivity contribution in [1.29, 1.82) is 0 Å². The van der Waals surface area contributed by atoms with Crippen LogP contribution in [0.25, 0.3) is 0 Å². The van der Waals surface area contributed by atoms with Crippen molar-refractivity contribution in [3.05, 3.63) is 29.3 Å². The Morgan fingerprint density at radius 2 is 2.05 bits per heavy atom. The Kier molecular flexibility index (Phi) is 4.84. The molecule has 6 nitrogen and oxygen atoms in total. The first kappa shape index (κ1) is 15.8. The van der Waals surface area contributed by atoms with Gasteiger partial charge in [0.25, 0.3) is 0 Å². The molecule has 1 aromatic carbocycles. The lowest BCUT2D eigenvalue weighted by Crippen LogP contribution is -2.37. The van der Waals surface area contributed by atoms with E-state index in [1.54, 1.807) is 0 Å². The fourth-order valence-electron chi connectivity index (χ4n) is 2.30. The van der Waals surface area contributed by atoms with E-state index >= 15 is 0 Å². The Labute approximate surface area is 125 Å². The van der Waals surface area contributed by atoms with E-state index in [1.807, 2.05) is 26.0 Å². The van der Waals surface area contributed by atoms with Crippen LogP contribution in [-0.2, 0) is 14.6 Å². The summed E-state index contributed by atoms with van der Waals surface area (Å²) in [5.41, 5.74) is 8.95. The second kappa shape index (κ2) is 6.44. The highest BCUT2D eigenvalue weighted by molar-refractivity contribution is 7.91. The van der Waals surface area contributed by atoms with Gasteiger partial charge < -0.3 is 15.8 Å². The number of hydrogen-bond donors (Lipinski definition) is 2. The van der Waals surface area contributed by atoms with Crippen molar-refractivity contribution in [3.63, 3.8) is 0 Å². The van der Waals surface area contributed by atoms with Crippen LogP contribution in [0.1, 0.15) is 11.1 Å². The van der Waals surface area contributed by atoms with Crippen molar-refractivity contribution in [3.8, 4) is 0 Å². The minimum Gasteiger partial charge on any atom is -0.374 e. The maximum atomic E-state index is 11.5. The number of rotatable bonds is 3. The molecule has 1 aliphatic heterocycles. The van der Waals surface area contributed by atoms with Gasteiger partial charge in [0.2, 0.25) is 0 Å². The van der Waals surface area contributed by atoms with E-state index in [0.717, 1.165) is 16.8 Å². The lowest BCUT2D eigenvalue weighted by Gasteiger charge is -2.21. The summed E-state index contributed by atoms with van der Waals surface area (Å²) in [6.07, 6.45) is -0.414. The van der Waals surface area contributed by atoms with Gasteiger partial charge in [0, 0.05) is 5.69 Å². The summed E-state index contributed by atoms with van der Waals surface area (Å²) < 4.78 is 28.4. The first-order valence-corrected chi connectivity index (χ1v) is 8.63. The predicted molar refractivity (Wildman–Crippen MR) is 84.4 cm³/mol. The normalized spacial score (nSPS) is 22.0. The van der Waals surface area contributed by atoms with E-state index in [4.69, 9.17) is 10.5 Å². The first-order chi connectivity index (χ1) is 9.84. The third kappa shape index (κ3) is 5.02. The second-order valence-electron chi connectivity index (χ2n) is 5.33. The van der Waals surface area contributed by atoms with Crippen LogP contribution in [0.15, 0.2) is 23.2 Å². The summed E-state index contributed by atoms with van der Waals surface area (Å²) in [6, 6.07) is 6.01. The van der Waals surface area contributed by atoms with Crippen LogP contribution in [0.2, 0.25) is 0 Å². The van der Waals surface area contributed by atoms with Gasteiger partial charge in [-0.1, -0.05) is 6.07 Å². The molecule has 7 heteroatoms. The van der Waals surface area contributed by atoms with Gasteiger partial charge in [-0.25, -0.2) is 8.42 Å². The Balaban J connectivity index is 1.95. The van der Waals surface area contributed by atoms with Gasteiger partial charge in [-0.05, 0) is 37.1 Å². The van der Waals surface area contributed by atoms with Gasteiger partial charge >= 0.3 is 0 Å². The number of guanidine groups is 1. The summed E-state index contributed by atoms with van der Waals surface area (Å²) in [5, 5.41) is 3.01. The number of anilines is 1. The Morgan fingerprint density at radius 1 is 1.38 bits per heavy atom. The van der Waals surface area contributed by atoms with Crippen LogP contribution >= 0.6 is 0 Å². The number of nitrogens with one attached hydrogen (secondary N) is 1. The van der Waals surface area contributed by atoms with Crippen molar-refractivity contribution in [2.24, 2.45) is 10.7 Å². The van der Waals surface area contributed by atoms with Crippen molar-refractivity contribution in [2.45, 2.75) is 20.0 Å². The molecule has 1 aliphatic rings. The Morgan fingerprint density at radius 3 is 2.67 bits per heavy atom. The molecule has 1 saturated heterocycles. The van der Waals surface area contributed by atoms with Gasteiger partial charge in [0.05, 0.1) is 30.8 Å². The van der Waals surface area contributed by atoms with Gasteiger partial charge in [0.15, 0.2) is 15.8 Å². The van der Waals surface area contributed by atoms with Gasteiger partial charge in [-0.2, -0.15) is 0 Å². The number of ether oxygens (including phenoxy) is 1. The van der Waals surface area contributed by atoms with Crippen molar-refractivity contribution in [1.82, 2.24) is 0 Å². The number of sulfone groups is 1. The highest BCUT2D eigenvalue weighted by Crippen LogP contribution is 2.13. The lowest BCUT2D eigenvalue weighted by molar-refractivity contribution is 0.0783. The third-order valence-corrected chi connectivity index (χ3v) is 4.82. The van der Waals surface area contributed by atoms with E-state index in [1.165, 1.54) is 0 Å². The number of nitrogens with zero attached hydrogens (tertiary/aromatic N) is 1. The molecular weight excluding hydrogens is 290 g/mol. The molecule has 1 fully saturated rings. The molecule has 1 unspecified atom stereocenters. The van der Waals surface area contributed by atoms with E-state index in [-0.39, 0.29) is 30.6 Å². The molecule has 0 bridgehead atoms. The zero-order valence-corrected chi connectivity index (χ0v) is 13.1. The van der Waals surface area contributed by atoms with Crippen LogP contribution in [0.3, 0.4) is 0 Å². The summed E-state index contributed by atoms with van der Waals surface area (Å²) in [4.78, 5) is 4.16. The molecule has 0 spiro atoms. The molecule has 3 N–H and O–H groups in total. The molecule has 1 heterocycles.